The van der Waals surface area contributed by atoms with E-state index in [4.69, 9.17) is 14.2 Å². The lowest BCUT2D eigenvalue weighted by atomic mass is 10.1. The Morgan fingerprint density at radius 3 is 0.940 bits per heavy atom. The minimum absolute atomic E-state index is 0.117. The van der Waals surface area contributed by atoms with Crippen LogP contribution in [0.3, 0.4) is 0 Å². The maximum absolute atomic E-state index is 12.8. The van der Waals surface area contributed by atoms with Crippen molar-refractivity contribution in [1.82, 2.24) is 0 Å². The van der Waals surface area contributed by atoms with E-state index in [2.05, 4.69) is 93.7 Å². The van der Waals surface area contributed by atoms with Gasteiger partial charge in [0, 0.05) is 19.3 Å². The Hall–Kier alpha value is -4.19. The third-order valence-electron chi connectivity index (χ3n) is 11.1. The molecule has 0 aliphatic rings. The van der Waals surface area contributed by atoms with Gasteiger partial charge in [-0.15, -0.1) is 0 Å². The normalized spacial score (nSPS) is 13.1. The third-order valence-corrected chi connectivity index (χ3v) is 11.1. The molecule has 0 saturated heterocycles. The predicted octanol–water partition coefficient (Wildman–Crippen LogP) is 18.1. The van der Waals surface area contributed by atoms with Gasteiger partial charge in [0.2, 0.25) is 0 Å². The molecule has 0 aliphatic carbocycles. The zero-order valence-electron chi connectivity index (χ0n) is 43.1. The number of hydrogen-bond acceptors (Lipinski definition) is 6. The molecule has 0 radical (unpaired) electrons. The van der Waals surface area contributed by atoms with Crippen LogP contribution in [0.4, 0.5) is 0 Å². The molecule has 67 heavy (non-hydrogen) atoms. The van der Waals surface area contributed by atoms with Crippen LogP contribution >= 0.6 is 0 Å². The highest BCUT2D eigenvalue weighted by Crippen LogP contribution is 2.13. The molecule has 0 saturated carbocycles. The smallest absolute Gasteiger partial charge is 0.306 e. The van der Waals surface area contributed by atoms with Crippen LogP contribution in [0.25, 0.3) is 0 Å². The van der Waals surface area contributed by atoms with Crippen LogP contribution < -0.4 is 0 Å². The molecule has 6 heteroatoms. The summed E-state index contributed by atoms with van der Waals surface area (Å²) in [7, 11) is 0. The summed E-state index contributed by atoms with van der Waals surface area (Å²) >= 11 is 0. The van der Waals surface area contributed by atoms with Crippen LogP contribution in [0.2, 0.25) is 0 Å². The summed E-state index contributed by atoms with van der Waals surface area (Å²) in [5.41, 5.74) is 0. The first kappa shape index (κ1) is 62.8. The van der Waals surface area contributed by atoms with Crippen molar-refractivity contribution in [3.05, 3.63) is 122 Å². The highest BCUT2D eigenvalue weighted by molar-refractivity contribution is 5.71. The van der Waals surface area contributed by atoms with Gasteiger partial charge in [0.05, 0.1) is 0 Å². The first-order valence-electron chi connectivity index (χ1n) is 27.2. The van der Waals surface area contributed by atoms with Crippen LogP contribution in [0.5, 0.6) is 0 Å². The molecular weight excluding hydrogens is 829 g/mol. The van der Waals surface area contributed by atoms with Crippen molar-refractivity contribution >= 4 is 17.9 Å². The molecule has 0 aromatic carbocycles. The average Bonchev–Trinajstić information content (AvgIpc) is 3.33. The fraction of sp³-hybridized carbons (Fsp3) is 0.623. The Bertz CT molecular complexity index is 1440. The maximum atomic E-state index is 12.8. The Morgan fingerprint density at radius 2 is 0.582 bits per heavy atom. The Labute approximate surface area is 412 Å². The van der Waals surface area contributed by atoms with E-state index < -0.39 is 6.10 Å². The Kier molecular flexibility index (Phi) is 51.0. The van der Waals surface area contributed by atoms with Gasteiger partial charge in [0.25, 0.3) is 0 Å². The van der Waals surface area contributed by atoms with Gasteiger partial charge in [-0.05, 0) is 89.9 Å². The van der Waals surface area contributed by atoms with Gasteiger partial charge in [0.15, 0.2) is 6.10 Å². The maximum Gasteiger partial charge on any atom is 0.306 e. The zero-order chi connectivity index (χ0) is 48.6. The van der Waals surface area contributed by atoms with E-state index >= 15 is 0 Å². The minimum atomic E-state index is -0.822. The molecule has 1 unspecified atom stereocenters. The number of unbranched alkanes of at least 4 members (excludes halogenated alkanes) is 23. The van der Waals surface area contributed by atoms with E-state index in [0.29, 0.717) is 19.3 Å². The summed E-state index contributed by atoms with van der Waals surface area (Å²) in [6.45, 7) is 6.39. The zero-order valence-corrected chi connectivity index (χ0v) is 43.1. The van der Waals surface area contributed by atoms with Crippen molar-refractivity contribution in [3.63, 3.8) is 0 Å². The lowest BCUT2D eigenvalue weighted by Crippen LogP contribution is -2.30. The van der Waals surface area contributed by atoms with Crippen LogP contribution in [0.15, 0.2) is 122 Å². The van der Waals surface area contributed by atoms with Gasteiger partial charge in [0.1, 0.15) is 13.2 Å². The van der Waals surface area contributed by atoms with Gasteiger partial charge >= 0.3 is 17.9 Å². The second-order valence-corrected chi connectivity index (χ2v) is 17.6. The molecule has 0 bridgehead atoms. The molecular formula is C61H98O6. The molecule has 0 amide bonds. The summed E-state index contributed by atoms with van der Waals surface area (Å²) in [4.78, 5) is 38.1. The third kappa shape index (κ3) is 52.6. The molecule has 1 atom stereocenters. The number of hydrogen-bond donors (Lipinski definition) is 0. The van der Waals surface area contributed by atoms with E-state index in [1.807, 2.05) is 48.6 Å². The van der Waals surface area contributed by atoms with Crippen molar-refractivity contribution in [2.75, 3.05) is 13.2 Å². The van der Waals surface area contributed by atoms with Crippen molar-refractivity contribution in [2.45, 2.75) is 232 Å². The van der Waals surface area contributed by atoms with Crippen LogP contribution in [-0.4, -0.2) is 37.2 Å². The lowest BCUT2D eigenvalue weighted by molar-refractivity contribution is -0.167. The number of carbonyl (C=O) groups excluding carboxylic acids is 3. The standard InChI is InChI=1S/C61H98O6/c1-4-7-10-13-16-19-22-25-28-30-31-34-36-39-42-45-48-51-54-60(63)66-57-58(56-65-59(62)53-50-47-44-41-38-35-32-27-24-21-18-15-12-9-6-3)67-61(64)55-52-49-46-43-40-37-33-29-26-23-20-17-14-11-8-5-2/h9,12,15,18,21-22,24-25,27-35,37-38,40,58H,4-8,10-11,13-14,16-17,19-20,23,26,36,39,41-57H2,1-3H3/b12-9-,18-15-,24-21-,25-22-,30-28-,32-27-,33-29-,34-31-,38-35-,40-37-. The number of esters is 3. The quantitative estimate of drug-likeness (QED) is 0.0262. The topological polar surface area (TPSA) is 78.9 Å². The first-order chi connectivity index (χ1) is 33.0. The highest BCUT2D eigenvalue weighted by atomic mass is 16.6. The SMILES string of the molecule is CC\C=C/C=C\C=C/C=C\C=C/CCCCCC(=O)OCC(COC(=O)CCCCCCC\C=C/C=C\C=C/CCCCCCC)OC(=O)CCCCC/C=C\C=C/CCCCCCCCC. The summed E-state index contributed by atoms with van der Waals surface area (Å²) in [6, 6.07) is 0. The molecule has 0 N–H and O–H groups in total. The molecule has 378 valence electrons. The number of allylic oxidation sites excluding steroid dienone is 20. The lowest BCUT2D eigenvalue weighted by Gasteiger charge is -2.18. The van der Waals surface area contributed by atoms with E-state index in [0.717, 1.165) is 103 Å². The minimum Gasteiger partial charge on any atom is -0.462 e. The monoisotopic (exact) mass is 927 g/mol. The van der Waals surface area contributed by atoms with E-state index in [-0.39, 0.29) is 37.5 Å². The molecule has 0 aromatic heterocycles. The summed E-state index contributed by atoms with van der Waals surface area (Å²) in [5.74, 6) is -1.01. The Balaban J connectivity index is 4.56. The second kappa shape index (κ2) is 54.4. The van der Waals surface area contributed by atoms with Gasteiger partial charge in [-0.25, -0.2) is 0 Å². The van der Waals surface area contributed by atoms with Crippen molar-refractivity contribution < 1.29 is 28.6 Å². The van der Waals surface area contributed by atoms with Crippen LogP contribution in [-0.2, 0) is 28.6 Å². The Morgan fingerprint density at radius 1 is 0.313 bits per heavy atom. The number of ether oxygens (including phenoxy) is 3. The second-order valence-electron chi connectivity index (χ2n) is 17.6. The molecule has 6 nitrogen and oxygen atoms in total. The van der Waals surface area contributed by atoms with E-state index in [1.165, 1.54) is 77.0 Å². The van der Waals surface area contributed by atoms with E-state index in [1.54, 1.807) is 0 Å². The highest BCUT2D eigenvalue weighted by Gasteiger charge is 2.19. The van der Waals surface area contributed by atoms with Gasteiger partial charge in [-0.3, -0.25) is 14.4 Å². The van der Waals surface area contributed by atoms with Gasteiger partial charge in [-0.2, -0.15) is 0 Å². The summed E-state index contributed by atoms with van der Waals surface area (Å²) in [6.07, 6.45) is 74.6. The van der Waals surface area contributed by atoms with E-state index in [9.17, 15) is 14.4 Å². The molecule has 0 fully saturated rings. The van der Waals surface area contributed by atoms with Crippen molar-refractivity contribution in [3.8, 4) is 0 Å². The summed E-state index contributed by atoms with van der Waals surface area (Å²) in [5, 5.41) is 0. The molecule has 0 aliphatic heterocycles. The molecule has 0 rings (SSSR count). The summed E-state index contributed by atoms with van der Waals surface area (Å²) < 4.78 is 16.8. The average molecular weight is 927 g/mol. The molecule has 0 aromatic rings. The fourth-order valence-corrected chi connectivity index (χ4v) is 7.04. The predicted molar refractivity (Wildman–Crippen MR) is 288 cm³/mol. The molecule has 0 spiro atoms. The first-order valence-corrected chi connectivity index (χ1v) is 27.2. The van der Waals surface area contributed by atoms with Gasteiger partial charge in [-0.1, -0.05) is 239 Å². The van der Waals surface area contributed by atoms with Crippen LogP contribution in [0, 0.1) is 0 Å². The largest absolute Gasteiger partial charge is 0.462 e. The van der Waals surface area contributed by atoms with Crippen molar-refractivity contribution in [2.24, 2.45) is 0 Å². The van der Waals surface area contributed by atoms with Crippen LogP contribution in [0.1, 0.15) is 226 Å². The van der Waals surface area contributed by atoms with Crippen molar-refractivity contribution in [1.29, 1.82) is 0 Å². The van der Waals surface area contributed by atoms with Gasteiger partial charge < -0.3 is 14.2 Å². The number of carbonyl (C=O) groups is 3. The fourth-order valence-electron chi connectivity index (χ4n) is 7.04. The molecule has 0 heterocycles. The number of rotatable bonds is 47.